The Kier molecular flexibility index (Phi) is 3.57. The van der Waals surface area contributed by atoms with Crippen LogP contribution in [-0.2, 0) is 10.0 Å². The number of hydrogen-bond acceptors (Lipinski definition) is 5. The Bertz CT molecular complexity index is 742. The number of imidazole rings is 1. The molecule has 106 valence electrons. The first-order chi connectivity index (χ1) is 9.44. The lowest BCUT2D eigenvalue weighted by molar-refractivity contribution is 0.318. The molecule has 0 saturated carbocycles. The minimum absolute atomic E-state index is 0.120. The first kappa shape index (κ1) is 13.8. The van der Waals surface area contributed by atoms with Crippen LogP contribution in [0, 0.1) is 5.82 Å². The molecule has 0 aliphatic heterocycles. The van der Waals surface area contributed by atoms with Gasteiger partial charge in [-0.2, -0.15) is 8.42 Å². The predicted molar refractivity (Wildman–Crippen MR) is 68.3 cm³/mol. The zero-order valence-electron chi connectivity index (χ0n) is 9.91. The molecule has 2 aromatic rings. The number of halogens is 1. The van der Waals surface area contributed by atoms with Gasteiger partial charge in [0.2, 0.25) is 0 Å². The second kappa shape index (κ2) is 5.17. The summed E-state index contributed by atoms with van der Waals surface area (Å²) in [5, 5.41) is 11.0. The van der Waals surface area contributed by atoms with E-state index in [-0.39, 0.29) is 22.1 Å². The summed E-state index contributed by atoms with van der Waals surface area (Å²) in [6, 6.07) is 3.42. The number of oxime groups is 1. The summed E-state index contributed by atoms with van der Waals surface area (Å²) in [4.78, 5) is 5.97. The van der Waals surface area contributed by atoms with Crippen LogP contribution < -0.4 is 10.5 Å². The zero-order valence-corrected chi connectivity index (χ0v) is 10.7. The number of nitrogens with zero attached hydrogens (tertiary/aromatic N) is 2. The van der Waals surface area contributed by atoms with E-state index < -0.39 is 15.8 Å². The third kappa shape index (κ3) is 2.69. The Hall–Kier alpha value is -2.62. The third-order valence-electron chi connectivity index (χ3n) is 2.38. The molecule has 8 nitrogen and oxygen atoms in total. The van der Waals surface area contributed by atoms with Crippen LogP contribution >= 0.6 is 0 Å². The van der Waals surface area contributed by atoms with Gasteiger partial charge in [-0.15, -0.1) is 0 Å². The SMILES string of the molecule is N/C(=N/O)c1ccc(NS(=O)(=O)c2cnc[nH]2)c(F)c1. The predicted octanol–water partition coefficient (Wildman–Crippen LogP) is 0.444. The van der Waals surface area contributed by atoms with Crippen molar-refractivity contribution in [3.05, 3.63) is 42.1 Å². The number of sulfonamides is 1. The second-order valence-electron chi connectivity index (χ2n) is 3.70. The normalized spacial score (nSPS) is 12.3. The van der Waals surface area contributed by atoms with E-state index in [0.717, 1.165) is 18.3 Å². The molecule has 0 amide bonds. The van der Waals surface area contributed by atoms with Crippen molar-refractivity contribution in [3.8, 4) is 0 Å². The van der Waals surface area contributed by atoms with Crippen LogP contribution in [0.15, 0.2) is 40.9 Å². The van der Waals surface area contributed by atoms with Crippen LogP contribution in [0.25, 0.3) is 0 Å². The smallest absolute Gasteiger partial charge is 0.279 e. The summed E-state index contributed by atoms with van der Waals surface area (Å²) in [5.41, 5.74) is 5.15. The van der Waals surface area contributed by atoms with Crippen molar-refractivity contribution in [3.63, 3.8) is 0 Å². The Labute approximate surface area is 113 Å². The number of nitrogens with two attached hydrogens (primary N) is 1. The fourth-order valence-corrected chi connectivity index (χ4v) is 2.38. The van der Waals surface area contributed by atoms with Crippen LogP contribution in [-0.4, -0.2) is 29.4 Å². The molecule has 0 radical (unpaired) electrons. The fourth-order valence-electron chi connectivity index (χ4n) is 1.40. The number of H-pyrrole nitrogens is 1. The monoisotopic (exact) mass is 299 g/mol. The molecule has 1 heterocycles. The van der Waals surface area contributed by atoms with Crippen molar-refractivity contribution in [2.45, 2.75) is 5.03 Å². The summed E-state index contributed by atoms with van der Waals surface area (Å²) in [6.07, 6.45) is 2.28. The van der Waals surface area contributed by atoms with Gasteiger partial charge in [-0.05, 0) is 18.2 Å². The standard InChI is InChI=1S/C10H10FN5O3S/c11-7-3-6(10(12)15-17)1-2-8(7)16-20(18,19)9-4-13-5-14-9/h1-5,16-17H,(H2,12,15)(H,13,14). The van der Waals surface area contributed by atoms with E-state index in [1.165, 1.54) is 12.4 Å². The van der Waals surface area contributed by atoms with E-state index in [1.807, 2.05) is 0 Å². The molecule has 1 aromatic carbocycles. The molecule has 20 heavy (non-hydrogen) atoms. The number of rotatable bonds is 4. The highest BCUT2D eigenvalue weighted by molar-refractivity contribution is 7.92. The molecule has 0 atom stereocenters. The average molecular weight is 299 g/mol. The molecule has 0 aliphatic carbocycles. The van der Waals surface area contributed by atoms with Crippen molar-refractivity contribution in [2.24, 2.45) is 10.9 Å². The fraction of sp³-hybridized carbons (Fsp3) is 0. The van der Waals surface area contributed by atoms with Crippen molar-refractivity contribution in [1.29, 1.82) is 0 Å². The molecule has 0 fully saturated rings. The number of nitrogens with one attached hydrogen (secondary N) is 2. The van der Waals surface area contributed by atoms with Crippen LogP contribution in [0.3, 0.4) is 0 Å². The van der Waals surface area contributed by atoms with Gasteiger partial charge in [0.1, 0.15) is 5.82 Å². The molecular formula is C10H10FN5O3S. The van der Waals surface area contributed by atoms with E-state index >= 15 is 0 Å². The summed E-state index contributed by atoms with van der Waals surface area (Å²) in [6.45, 7) is 0. The van der Waals surface area contributed by atoms with E-state index in [9.17, 15) is 12.8 Å². The highest BCUT2D eigenvalue weighted by atomic mass is 32.2. The lowest BCUT2D eigenvalue weighted by atomic mass is 10.2. The maximum atomic E-state index is 13.8. The number of aromatic amines is 1. The molecular weight excluding hydrogens is 289 g/mol. The molecule has 0 bridgehead atoms. The van der Waals surface area contributed by atoms with Crippen LogP contribution in [0.2, 0.25) is 0 Å². The zero-order chi connectivity index (χ0) is 14.8. The largest absolute Gasteiger partial charge is 0.409 e. The van der Waals surface area contributed by atoms with Crippen molar-refractivity contribution in [2.75, 3.05) is 4.72 Å². The Morgan fingerprint density at radius 2 is 2.25 bits per heavy atom. The van der Waals surface area contributed by atoms with Gasteiger partial charge in [-0.1, -0.05) is 5.16 Å². The molecule has 10 heteroatoms. The highest BCUT2D eigenvalue weighted by Gasteiger charge is 2.18. The maximum Gasteiger partial charge on any atom is 0.279 e. The van der Waals surface area contributed by atoms with Crippen LogP contribution in [0.1, 0.15) is 5.56 Å². The molecule has 0 unspecified atom stereocenters. The molecule has 2 rings (SSSR count). The Morgan fingerprint density at radius 3 is 2.80 bits per heavy atom. The highest BCUT2D eigenvalue weighted by Crippen LogP contribution is 2.19. The number of hydrogen-bond donors (Lipinski definition) is 4. The summed E-state index contributed by atoms with van der Waals surface area (Å²) in [7, 11) is -3.95. The van der Waals surface area contributed by atoms with Gasteiger partial charge in [0.05, 0.1) is 18.2 Å². The molecule has 0 aliphatic rings. The van der Waals surface area contributed by atoms with Gasteiger partial charge in [0, 0.05) is 5.56 Å². The summed E-state index contributed by atoms with van der Waals surface area (Å²) < 4.78 is 39.5. The van der Waals surface area contributed by atoms with E-state index in [0.29, 0.717) is 0 Å². The quantitative estimate of drug-likeness (QED) is 0.281. The summed E-state index contributed by atoms with van der Waals surface area (Å²) >= 11 is 0. The molecule has 5 N–H and O–H groups in total. The average Bonchev–Trinajstić information content (AvgIpc) is 2.95. The Balaban J connectivity index is 2.32. The number of benzene rings is 1. The lowest BCUT2D eigenvalue weighted by Crippen LogP contribution is -2.16. The number of anilines is 1. The van der Waals surface area contributed by atoms with Gasteiger partial charge in [0.25, 0.3) is 10.0 Å². The number of aromatic nitrogens is 2. The van der Waals surface area contributed by atoms with Gasteiger partial charge in [-0.3, -0.25) is 4.72 Å². The topological polar surface area (TPSA) is 133 Å². The molecule has 1 aromatic heterocycles. The first-order valence-electron chi connectivity index (χ1n) is 5.22. The van der Waals surface area contributed by atoms with Gasteiger partial charge >= 0.3 is 0 Å². The lowest BCUT2D eigenvalue weighted by Gasteiger charge is -2.08. The van der Waals surface area contributed by atoms with Gasteiger partial charge in [0.15, 0.2) is 10.9 Å². The van der Waals surface area contributed by atoms with Gasteiger partial charge in [-0.25, -0.2) is 9.37 Å². The third-order valence-corrected chi connectivity index (χ3v) is 3.67. The minimum atomic E-state index is -3.95. The van der Waals surface area contributed by atoms with E-state index in [2.05, 4.69) is 19.8 Å². The Morgan fingerprint density at radius 1 is 1.50 bits per heavy atom. The van der Waals surface area contributed by atoms with Crippen molar-refractivity contribution >= 4 is 21.5 Å². The van der Waals surface area contributed by atoms with Crippen LogP contribution in [0.4, 0.5) is 10.1 Å². The summed E-state index contributed by atoms with van der Waals surface area (Å²) in [5.74, 6) is -1.15. The number of amidine groups is 1. The molecule has 0 spiro atoms. The van der Waals surface area contributed by atoms with Gasteiger partial charge < -0.3 is 15.9 Å². The van der Waals surface area contributed by atoms with Crippen molar-refractivity contribution < 1.29 is 18.0 Å². The molecule has 0 saturated heterocycles. The van der Waals surface area contributed by atoms with E-state index in [1.54, 1.807) is 0 Å². The maximum absolute atomic E-state index is 13.8. The minimum Gasteiger partial charge on any atom is -0.409 e. The second-order valence-corrected chi connectivity index (χ2v) is 5.35. The van der Waals surface area contributed by atoms with Crippen LogP contribution in [0.5, 0.6) is 0 Å². The van der Waals surface area contributed by atoms with E-state index in [4.69, 9.17) is 10.9 Å². The van der Waals surface area contributed by atoms with Crippen molar-refractivity contribution in [1.82, 2.24) is 9.97 Å². The first-order valence-corrected chi connectivity index (χ1v) is 6.71.